The Bertz CT molecular complexity index is 522. The molecular formula is C12H20N2O2S2. The van der Waals surface area contributed by atoms with Gasteiger partial charge >= 0.3 is 0 Å². The van der Waals surface area contributed by atoms with Gasteiger partial charge in [0.25, 0.3) is 0 Å². The van der Waals surface area contributed by atoms with Gasteiger partial charge in [-0.1, -0.05) is 6.92 Å². The Hall–Kier alpha value is -0.430. The third kappa shape index (κ3) is 3.12. The molecule has 18 heavy (non-hydrogen) atoms. The highest BCUT2D eigenvalue weighted by Crippen LogP contribution is 2.37. The van der Waals surface area contributed by atoms with Crippen molar-refractivity contribution in [3.63, 3.8) is 0 Å². The third-order valence-corrected chi connectivity index (χ3v) is 6.10. The van der Waals surface area contributed by atoms with Gasteiger partial charge in [-0.2, -0.15) is 0 Å². The summed E-state index contributed by atoms with van der Waals surface area (Å²) in [5.41, 5.74) is 0. The standard InChI is InChI=1S/C12H20N2O2S2/c1-8-4-10(8)6-14-18(15,16)12-5-11(7-13-3)17-9(12)2/h5,8,10,13-14H,4,6-7H2,1-3H3. The van der Waals surface area contributed by atoms with Crippen LogP contribution >= 0.6 is 11.3 Å². The SMILES string of the molecule is CNCc1cc(S(=O)(=O)NCC2CC2C)c(C)s1. The fourth-order valence-electron chi connectivity index (χ4n) is 2.03. The van der Waals surface area contributed by atoms with Crippen LogP contribution in [0.1, 0.15) is 23.1 Å². The molecule has 6 heteroatoms. The molecule has 0 spiro atoms. The molecule has 0 radical (unpaired) electrons. The lowest BCUT2D eigenvalue weighted by Crippen LogP contribution is -2.26. The first kappa shape index (κ1) is 14.0. The van der Waals surface area contributed by atoms with Crippen LogP contribution in [0, 0.1) is 18.8 Å². The lowest BCUT2D eigenvalue weighted by molar-refractivity contribution is 0.574. The molecule has 1 aliphatic rings. The van der Waals surface area contributed by atoms with E-state index < -0.39 is 10.0 Å². The van der Waals surface area contributed by atoms with Crippen molar-refractivity contribution < 1.29 is 8.42 Å². The van der Waals surface area contributed by atoms with Crippen molar-refractivity contribution in [2.75, 3.05) is 13.6 Å². The van der Waals surface area contributed by atoms with E-state index in [1.54, 1.807) is 6.07 Å². The van der Waals surface area contributed by atoms with Crippen LogP contribution in [0.2, 0.25) is 0 Å². The van der Waals surface area contributed by atoms with Gasteiger partial charge in [-0.05, 0) is 38.3 Å². The van der Waals surface area contributed by atoms with E-state index in [9.17, 15) is 8.42 Å². The summed E-state index contributed by atoms with van der Waals surface area (Å²) >= 11 is 1.53. The number of hydrogen-bond acceptors (Lipinski definition) is 4. The van der Waals surface area contributed by atoms with Gasteiger partial charge in [0.05, 0.1) is 4.90 Å². The molecule has 0 aliphatic heterocycles. The molecule has 1 aliphatic carbocycles. The monoisotopic (exact) mass is 288 g/mol. The molecule has 4 nitrogen and oxygen atoms in total. The first-order valence-corrected chi connectivity index (χ1v) is 8.47. The summed E-state index contributed by atoms with van der Waals surface area (Å²) in [5, 5.41) is 3.04. The lowest BCUT2D eigenvalue weighted by Gasteiger charge is -2.05. The summed E-state index contributed by atoms with van der Waals surface area (Å²) in [5.74, 6) is 1.19. The molecule has 0 bridgehead atoms. The third-order valence-electron chi connectivity index (χ3n) is 3.38. The molecule has 2 unspecified atom stereocenters. The van der Waals surface area contributed by atoms with Crippen LogP contribution in [-0.2, 0) is 16.6 Å². The summed E-state index contributed by atoms with van der Waals surface area (Å²) in [7, 11) is -1.48. The van der Waals surface area contributed by atoms with Crippen LogP contribution < -0.4 is 10.0 Å². The smallest absolute Gasteiger partial charge is 0.241 e. The zero-order valence-electron chi connectivity index (χ0n) is 11.0. The van der Waals surface area contributed by atoms with E-state index in [0.29, 0.717) is 29.8 Å². The maximum atomic E-state index is 12.2. The number of sulfonamides is 1. The maximum absolute atomic E-state index is 12.2. The minimum absolute atomic E-state index is 0.436. The second kappa shape index (κ2) is 5.28. The van der Waals surface area contributed by atoms with Gasteiger partial charge < -0.3 is 5.32 Å². The Kier molecular flexibility index (Phi) is 4.11. The molecule has 1 aromatic rings. The van der Waals surface area contributed by atoms with Crippen molar-refractivity contribution in [3.05, 3.63) is 15.8 Å². The van der Waals surface area contributed by atoms with E-state index in [1.165, 1.54) is 11.3 Å². The van der Waals surface area contributed by atoms with Crippen molar-refractivity contribution >= 4 is 21.4 Å². The zero-order valence-corrected chi connectivity index (χ0v) is 12.6. The van der Waals surface area contributed by atoms with Crippen LogP contribution in [0.5, 0.6) is 0 Å². The van der Waals surface area contributed by atoms with Crippen molar-refractivity contribution in [1.82, 2.24) is 10.0 Å². The second-order valence-corrected chi connectivity index (χ2v) is 8.06. The van der Waals surface area contributed by atoms with Crippen LogP contribution in [0.3, 0.4) is 0 Å². The molecule has 1 heterocycles. The second-order valence-electron chi connectivity index (χ2n) is 4.99. The maximum Gasteiger partial charge on any atom is 0.241 e. The Morgan fingerprint density at radius 2 is 2.17 bits per heavy atom. The van der Waals surface area contributed by atoms with Gasteiger partial charge in [0, 0.05) is 22.8 Å². The van der Waals surface area contributed by atoms with Gasteiger partial charge in [0.15, 0.2) is 0 Å². The van der Waals surface area contributed by atoms with Crippen molar-refractivity contribution in [2.45, 2.75) is 31.7 Å². The predicted octanol–water partition coefficient (Wildman–Crippen LogP) is 1.71. The Morgan fingerprint density at radius 1 is 1.50 bits per heavy atom. The highest BCUT2D eigenvalue weighted by atomic mass is 32.2. The number of aryl methyl sites for hydroxylation is 1. The number of thiophene rings is 1. The minimum atomic E-state index is -3.33. The summed E-state index contributed by atoms with van der Waals surface area (Å²) < 4.78 is 27.1. The van der Waals surface area contributed by atoms with E-state index in [2.05, 4.69) is 17.0 Å². The molecule has 1 fully saturated rings. The topological polar surface area (TPSA) is 58.2 Å². The van der Waals surface area contributed by atoms with Crippen LogP contribution in [0.4, 0.5) is 0 Å². The molecule has 0 amide bonds. The van der Waals surface area contributed by atoms with Crippen molar-refractivity contribution in [1.29, 1.82) is 0 Å². The first-order valence-electron chi connectivity index (χ1n) is 6.17. The summed E-state index contributed by atoms with van der Waals surface area (Å²) in [6.07, 6.45) is 1.14. The van der Waals surface area contributed by atoms with E-state index in [4.69, 9.17) is 0 Å². The van der Waals surface area contributed by atoms with Crippen LogP contribution in [0.15, 0.2) is 11.0 Å². The van der Waals surface area contributed by atoms with Gasteiger partial charge in [-0.25, -0.2) is 13.1 Å². The van der Waals surface area contributed by atoms with Gasteiger partial charge in [0.1, 0.15) is 0 Å². The average Bonchev–Trinajstić information content (AvgIpc) is 2.86. The Morgan fingerprint density at radius 3 is 2.72 bits per heavy atom. The van der Waals surface area contributed by atoms with E-state index in [1.807, 2.05) is 14.0 Å². The molecule has 1 saturated carbocycles. The first-order chi connectivity index (χ1) is 8.44. The number of hydrogen-bond donors (Lipinski definition) is 2. The normalized spacial score (nSPS) is 23.3. The molecule has 2 N–H and O–H groups in total. The largest absolute Gasteiger partial charge is 0.315 e. The minimum Gasteiger partial charge on any atom is -0.315 e. The highest BCUT2D eigenvalue weighted by molar-refractivity contribution is 7.89. The molecule has 1 aromatic heterocycles. The summed E-state index contributed by atoms with van der Waals surface area (Å²) in [6, 6.07) is 1.77. The van der Waals surface area contributed by atoms with Crippen LogP contribution in [-0.4, -0.2) is 22.0 Å². The summed E-state index contributed by atoms with van der Waals surface area (Å²) in [6.45, 7) is 5.29. The molecule has 0 aromatic carbocycles. The fourth-order valence-corrected chi connectivity index (χ4v) is 4.77. The van der Waals surface area contributed by atoms with Crippen molar-refractivity contribution in [3.8, 4) is 0 Å². The predicted molar refractivity (Wildman–Crippen MR) is 74.3 cm³/mol. The van der Waals surface area contributed by atoms with Gasteiger partial charge in [-0.3, -0.25) is 0 Å². The molecule has 2 rings (SSSR count). The summed E-state index contributed by atoms with van der Waals surface area (Å²) in [4.78, 5) is 2.35. The molecule has 2 atom stereocenters. The lowest BCUT2D eigenvalue weighted by atomic mass is 10.3. The van der Waals surface area contributed by atoms with E-state index >= 15 is 0 Å². The quantitative estimate of drug-likeness (QED) is 0.838. The number of nitrogens with one attached hydrogen (secondary N) is 2. The highest BCUT2D eigenvalue weighted by Gasteiger charge is 2.33. The average molecular weight is 288 g/mol. The fraction of sp³-hybridized carbons (Fsp3) is 0.667. The molecule has 102 valence electrons. The Labute approximate surface area is 113 Å². The van der Waals surface area contributed by atoms with Crippen molar-refractivity contribution in [2.24, 2.45) is 11.8 Å². The van der Waals surface area contributed by atoms with E-state index in [0.717, 1.165) is 16.2 Å². The zero-order chi connectivity index (χ0) is 13.3. The number of rotatable bonds is 6. The van der Waals surface area contributed by atoms with Gasteiger partial charge in [0.2, 0.25) is 10.0 Å². The molecule has 0 saturated heterocycles. The van der Waals surface area contributed by atoms with Gasteiger partial charge in [-0.15, -0.1) is 11.3 Å². The van der Waals surface area contributed by atoms with Crippen LogP contribution in [0.25, 0.3) is 0 Å². The van der Waals surface area contributed by atoms with E-state index in [-0.39, 0.29) is 0 Å². The Balaban J connectivity index is 2.08. The molecular weight excluding hydrogens is 268 g/mol.